The summed E-state index contributed by atoms with van der Waals surface area (Å²) in [6.07, 6.45) is 4.54. The summed E-state index contributed by atoms with van der Waals surface area (Å²) in [5.74, 6) is 6.46. The predicted octanol–water partition coefficient (Wildman–Crippen LogP) is 1.50. The molecule has 3 N–H and O–H groups in total. The lowest BCUT2D eigenvalue weighted by Crippen LogP contribution is -2.49. The first-order valence-corrected chi connectivity index (χ1v) is 7.11. The van der Waals surface area contributed by atoms with E-state index in [1.54, 1.807) is 0 Å². The first kappa shape index (κ1) is 15.2. The molecule has 0 spiro atoms. The van der Waals surface area contributed by atoms with Gasteiger partial charge < -0.3 is 9.64 Å². The SMILES string of the molecule is CCOCCCN=C(NN)N1C(C)CCC1CC. The number of hydrogen-bond acceptors (Lipinski definition) is 3. The molecule has 106 valence electrons. The van der Waals surface area contributed by atoms with Crippen LogP contribution in [0.4, 0.5) is 0 Å². The fourth-order valence-corrected chi connectivity index (χ4v) is 2.55. The molecule has 0 aromatic rings. The molecule has 1 aliphatic rings. The molecule has 2 unspecified atom stereocenters. The Kier molecular flexibility index (Phi) is 7.05. The van der Waals surface area contributed by atoms with E-state index in [0.29, 0.717) is 12.1 Å². The lowest BCUT2D eigenvalue weighted by molar-refractivity contribution is 0.146. The van der Waals surface area contributed by atoms with Crippen molar-refractivity contribution in [2.45, 2.75) is 58.5 Å². The molecule has 1 fully saturated rings. The maximum atomic E-state index is 5.62. The molecule has 1 aliphatic heterocycles. The highest BCUT2D eigenvalue weighted by molar-refractivity contribution is 5.80. The van der Waals surface area contributed by atoms with Crippen LogP contribution in [0.25, 0.3) is 0 Å². The Balaban J connectivity index is 2.50. The number of nitrogens with zero attached hydrogens (tertiary/aromatic N) is 2. The summed E-state index contributed by atoms with van der Waals surface area (Å²) in [5.41, 5.74) is 2.76. The van der Waals surface area contributed by atoms with Crippen molar-refractivity contribution in [1.29, 1.82) is 0 Å². The zero-order valence-corrected chi connectivity index (χ0v) is 12.0. The maximum absolute atomic E-state index is 5.62. The molecule has 2 atom stereocenters. The average molecular weight is 256 g/mol. The summed E-state index contributed by atoms with van der Waals surface area (Å²) in [6.45, 7) is 8.77. The van der Waals surface area contributed by atoms with Crippen LogP contribution in [0, 0.1) is 0 Å². The summed E-state index contributed by atoms with van der Waals surface area (Å²) in [6, 6.07) is 1.10. The second kappa shape index (κ2) is 8.32. The van der Waals surface area contributed by atoms with Gasteiger partial charge in [0.05, 0.1) is 0 Å². The predicted molar refractivity (Wildman–Crippen MR) is 75.3 cm³/mol. The van der Waals surface area contributed by atoms with E-state index in [-0.39, 0.29) is 0 Å². The standard InChI is InChI=1S/C13H28N4O/c1-4-12-8-7-11(3)17(12)13(16-14)15-9-6-10-18-5-2/h11-12H,4-10,14H2,1-3H3,(H,15,16). The number of nitrogens with two attached hydrogens (primary N) is 1. The molecule has 0 saturated carbocycles. The van der Waals surface area contributed by atoms with E-state index in [1.807, 2.05) is 6.92 Å². The number of likely N-dealkylation sites (tertiary alicyclic amines) is 1. The summed E-state index contributed by atoms with van der Waals surface area (Å²) in [5, 5.41) is 0. The summed E-state index contributed by atoms with van der Waals surface area (Å²) < 4.78 is 5.30. The lowest BCUT2D eigenvalue weighted by atomic mass is 10.2. The van der Waals surface area contributed by atoms with Crippen LogP contribution in [-0.4, -0.2) is 42.7 Å². The van der Waals surface area contributed by atoms with E-state index in [9.17, 15) is 0 Å². The number of aliphatic imine (C=N–C) groups is 1. The van der Waals surface area contributed by atoms with Gasteiger partial charge in [0.15, 0.2) is 0 Å². The van der Waals surface area contributed by atoms with Gasteiger partial charge in [-0.15, -0.1) is 0 Å². The molecule has 18 heavy (non-hydrogen) atoms. The summed E-state index contributed by atoms with van der Waals surface area (Å²) in [7, 11) is 0. The molecule has 5 heteroatoms. The Labute approximate surface area is 111 Å². The molecule has 0 aromatic heterocycles. The van der Waals surface area contributed by atoms with Crippen molar-refractivity contribution < 1.29 is 4.74 Å². The minimum Gasteiger partial charge on any atom is -0.382 e. The minimum atomic E-state index is 0.525. The molecule has 1 heterocycles. The highest BCUT2D eigenvalue weighted by atomic mass is 16.5. The van der Waals surface area contributed by atoms with E-state index in [2.05, 4.69) is 29.2 Å². The second-order valence-corrected chi connectivity index (χ2v) is 4.80. The largest absolute Gasteiger partial charge is 0.382 e. The van der Waals surface area contributed by atoms with Gasteiger partial charge in [-0.1, -0.05) is 6.92 Å². The van der Waals surface area contributed by atoms with E-state index in [4.69, 9.17) is 10.6 Å². The smallest absolute Gasteiger partial charge is 0.208 e. The molecule has 5 nitrogen and oxygen atoms in total. The Morgan fingerprint density at radius 3 is 2.83 bits per heavy atom. The van der Waals surface area contributed by atoms with Gasteiger partial charge in [0, 0.05) is 31.8 Å². The third-order valence-electron chi connectivity index (χ3n) is 3.54. The topological polar surface area (TPSA) is 62.9 Å². The molecular formula is C13H28N4O. The van der Waals surface area contributed by atoms with Gasteiger partial charge in [-0.25, -0.2) is 5.84 Å². The number of hydrazine groups is 1. The average Bonchev–Trinajstić information content (AvgIpc) is 2.75. The molecule has 0 bridgehead atoms. The van der Waals surface area contributed by atoms with Crippen LogP contribution in [0.1, 0.15) is 46.5 Å². The third kappa shape index (κ3) is 4.14. The normalized spacial score (nSPS) is 24.7. The van der Waals surface area contributed by atoms with Crippen LogP contribution in [-0.2, 0) is 4.74 Å². The highest BCUT2D eigenvalue weighted by Gasteiger charge is 2.31. The van der Waals surface area contributed by atoms with Crippen molar-refractivity contribution >= 4 is 5.96 Å². The van der Waals surface area contributed by atoms with Crippen LogP contribution in [0.2, 0.25) is 0 Å². The van der Waals surface area contributed by atoms with E-state index < -0.39 is 0 Å². The van der Waals surface area contributed by atoms with Gasteiger partial charge in [-0.3, -0.25) is 10.4 Å². The monoisotopic (exact) mass is 256 g/mol. The Bertz CT molecular complexity index is 257. The minimum absolute atomic E-state index is 0.525. The molecule has 0 amide bonds. The number of rotatable bonds is 6. The van der Waals surface area contributed by atoms with Gasteiger partial charge in [0.25, 0.3) is 0 Å². The second-order valence-electron chi connectivity index (χ2n) is 4.80. The Morgan fingerprint density at radius 2 is 2.22 bits per heavy atom. The first-order chi connectivity index (χ1) is 8.74. The van der Waals surface area contributed by atoms with Gasteiger partial charge in [-0.05, 0) is 39.5 Å². The quantitative estimate of drug-likeness (QED) is 0.248. The number of guanidine groups is 1. The van der Waals surface area contributed by atoms with Crippen LogP contribution >= 0.6 is 0 Å². The number of nitrogens with one attached hydrogen (secondary N) is 1. The first-order valence-electron chi connectivity index (χ1n) is 7.11. The zero-order chi connectivity index (χ0) is 13.4. The Hall–Kier alpha value is -0.810. The molecule has 0 aromatic carbocycles. The van der Waals surface area contributed by atoms with E-state index >= 15 is 0 Å². The zero-order valence-electron chi connectivity index (χ0n) is 12.0. The molecule has 0 aliphatic carbocycles. The molecule has 1 saturated heterocycles. The van der Waals surface area contributed by atoms with Crippen molar-refractivity contribution in [3.05, 3.63) is 0 Å². The summed E-state index contributed by atoms with van der Waals surface area (Å²) in [4.78, 5) is 6.91. The Morgan fingerprint density at radius 1 is 1.44 bits per heavy atom. The maximum Gasteiger partial charge on any atom is 0.208 e. The van der Waals surface area contributed by atoms with Gasteiger partial charge in [-0.2, -0.15) is 0 Å². The van der Waals surface area contributed by atoms with Gasteiger partial charge in [0.1, 0.15) is 0 Å². The van der Waals surface area contributed by atoms with Crippen LogP contribution in [0.3, 0.4) is 0 Å². The van der Waals surface area contributed by atoms with Gasteiger partial charge in [0.2, 0.25) is 5.96 Å². The van der Waals surface area contributed by atoms with E-state index in [0.717, 1.165) is 38.6 Å². The summed E-state index contributed by atoms with van der Waals surface area (Å²) >= 11 is 0. The van der Waals surface area contributed by atoms with Crippen molar-refractivity contribution in [3.63, 3.8) is 0 Å². The number of hydrogen-bond donors (Lipinski definition) is 2. The van der Waals surface area contributed by atoms with Gasteiger partial charge >= 0.3 is 0 Å². The number of ether oxygens (including phenoxy) is 1. The lowest BCUT2D eigenvalue weighted by Gasteiger charge is -2.30. The third-order valence-corrected chi connectivity index (χ3v) is 3.54. The molecular weight excluding hydrogens is 228 g/mol. The fraction of sp³-hybridized carbons (Fsp3) is 0.923. The van der Waals surface area contributed by atoms with Crippen molar-refractivity contribution in [3.8, 4) is 0 Å². The van der Waals surface area contributed by atoms with Crippen LogP contribution in [0.15, 0.2) is 4.99 Å². The fourth-order valence-electron chi connectivity index (χ4n) is 2.55. The van der Waals surface area contributed by atoms with Crippen molar-refractivity contribution in [2.75, 3.05) is 19.8 Å². The molecule has 1 rings (SSSR count). The van der Waals surface area contributed by atoms with Crippen molar-refractivity contribution in [1.82, 2.24) is 10.3 Å². The molecule has 0 radical (unpaired) electrons. The van der Waals surface area contributed by atoms with Crippen LogP contribution < -0.4 is 11.3 Å². The van der Waals surface area contributed by atoms with E-state index in [1.165, 1.54) is 12.8 Å². The van der Waals surface area contributed by atoms with Crippen LogP contribution in [0.5, 0.6) is 0 Å². The van der Waals surface area contributed by atoms with Crippen molar-refractivity contribution in [2.24, 2.45) is 10.8 Å². The highest BCUT2D eigenvalue weighted by Crippen LogP contribution is 2.25.